The number of nitrogens with zero attached hydrogens (tertiary/aromatic N) is 4. The molecule has 0 bridgehead atoms. The molecule has 0 radical (unpaired) electrons. The number of aromatic nitrogens is 3. The van der Waals surface area contributed by atoms with Crippen molar-refractivity contribution < 1.29 is 4.39 Å². The summed E-state index contributed by atoms with van der Waals surface area (Å²) in [7, 11) is 1.90. The van der Waals surface area contributed by atoms with Crippen LogP contribution in [0.4, 0.5) is 4.39 Å². The highest BCUT2D eigenvalue weighted by molar-refractivity contribution is 5.79. The van der Waals surface area contributed by atoms with Crippen LogP contribution < -0.4 is 10.6 Å². The lowest BCUT2D eigenvalue weighted by molar-refractivity contribution is 0.607. The molecule has 7 heteroatoms. The van der Waals surface area contributed by atoms with Gasteiger partial charge in [-0.1, -0.05) is 12.1 Å². The summed E-state index contributed by atoms with van der Waals surface area (Å²) in [6, 6.07) is 6.90. The topological polar surface area (TPSA) is 67.1 Å². The molecule has 1 fully saturated rings. The van der Waals surface area contributed by atoms with Crippen LogP contribution in [-0.4, -0.2) is 33.8 Å². The average molecular weight is 330 g/mol. The van der Waals surface area contributed by atoms with E-state index in [1.807, 2.05) is 24.6 Å². The molecule has 0 spiro atoms. The summed E-state index contributed by atoms with van der Waals surface area (Å²) in [5.41, 5.74) is 1.07. The lowest BCUT2D eigenvalue weighted by Crippen LogP contribution is -2.41. The van der Waals surface area contributed by atoms with Crippen molar-refractivity contribution in [3.8, 4) is 0 Å². The van der Waals surface area contributed by atoms with Crippen molar-refractivity contribution in [1.29, 1.82) is 0 Å². The standard InChI is InChI=1S/C17H23FN6/c1-3-19-16(20-10-15-23-22-12-24(15)2)21-11-17(7-8-17)13-5-4-6-14(18)9-13/h4-6,9,12H,3,7-8,10-11H2,1-2H3,(H2,19,20,21). The number of hydrogen-bond donors (Lipinski definition) is 2. The van der Waals surface area contributed by atoms with Crippen molar-refractivity contribution in [2.24, 2.45) is 12.0 Å². The Morgan fingerprint density at radius 2 is 2.21 bits per heavy atom. The Bertz CT molecular complexity index is 719. The second-order valence-corrected chi connectivity index (χ2v) is 6.20. The SMILES string of the molecule is CCNC(=NCc1nncn1C)NCC1(c2cccc(F)c2)CC1. The van der Waals surface area contributed by atoms with Gasteiger partial charge >= 0.3 is 0 Å². The number of hydrogen-bond acceptors (Lipinski definition) is 3. The minimum atomic E-state index is -0.179. The van der Waals surface area contributed by atoms with Gasteiger partial charge in [0, 0.05) is 25.6 Å². The minimum Gasteiger partial charge on any atom is -0.357 e. The maximum absolute atomic E-state index is 13.5. The van der Waals surface area contributed by atoms with Crippen LogP contribution in [0.1, 0.15) is 31.2 Å². The van der Waals surface area contributed by atoms with Gasteiger partial charge in [0.25, 0.3) is 0 Å². The van der Waals surface area contributed by atoms with Gasteiger partial charge in [0.15, 0.2) is 11.8 Å². The molecule has 24 heavy (non-hydrogen) atoms. The fourth-order valence-corrected chi connectivity index (χ4v) is 2.73. The predicted octanol–water partition coefficient (Wildman–Crippen LogP) is 1.74. The van der Waals surface area contributed by atoms with Gasteiger partial charge in [-0.25, -0.2) is 9.38 Å². The number of rotatable bonds is 6. The van der Waals surface area contributed by atoms with Crippen molar-refractivity contribution >= 4 is 5.96 Å². The van der Waals surface area contributed by atoms with Crippen LogP contribution in [0, 0.1) is 5.82 Å². The summed E-state index contributed by atoms with van der Waals surface area (Å²) in [5, 5.41) is 14.5. The normalized spacial score (nSPS) is 16.0. The molecule has 0 saturated heterocycles. The molecule has 6 nitrogen and oxygen atoms in total. The van der Waals surface area contributed by atoms with Gasteiger partial charge in [-0.15, -0.1) is 10.2 Å². The molecule has 0 unspecified atom stereocenters. The molecule has 2 aromatic rings. The van der Waals surface area contributed by atoms with Crippen LogP contribution in [0.3, 0.4) is 0 Å². The Kier molecular flexibility index (Phi) is 4.78. The Morgan fingerprint density at radius 3 is 2.83 bits per heavy atom. The third kappa shape index (κ3) is 3.72. The van der Waals surface area contributed by atoms with E-state index in [4.69, 9.17) is 0 Å². The largest absolute Gasteiger partial charge is 0.357 e. The first kappa shape index (κ1) is 16.4. The summed E-state index contributed by atoms with van der Waals surface area (Å²) in [4.78, 5) is 4.56. The molecule has 1 aromatic carbocycles. The molecule has 1 aliphatic carbocycles. The van der Waals surface area contributed by atoms with Gasteiger partial charge in [0.1, 0.15) is 18.7 Å². The first-order valence-electron chi connectivity index (χ1n) is 8.24. The summed E-state index contributed by atoms with van der Waals surface area (Å²) in [6.45, 7) is 4.00. The molecule has 3 rings (SSSR count). The van der Waals surface area contributed by atoms with Gasteiger partial charge in [0.2, 0.25) is 0 Å². The number of aryl methyl sites for hydroxylation is 1. The van der Waals surface area contributed by atoms with E-state index >= 15 is 0 Å². The van der Waals surface area contributed by atoms with Crippen molar-refractivity contribution in [2.75, 3.05) is 13.1 Å². The summed E-state index contributed by atoms with van der Waals surface area (Å²) in [6.07, 6.45) is 3.78. The van der Waals surface area contributed by atoms with E-state index in [0.717, 1.165) is 43.3 Å². The monoisotopic (exact) mass is 330 g/mol. The van der Waals surface area contributed by atoms with E-state index in [1.54, 1.807) is 18.5 Å². The lowest BCUT2D eigenvalue weighted by Gasteiger charge is -2.19. The lowest BCUT2D eigenvalue weighted by atomic mass is 9.96. The average Bonchev–Trinajstić information content (AvgIpc) is 3.26. The molecular weight excluding hydrogens is 307 g/mol. The first-order chi connectivity index (χ1) is 11.6. The highest BCUT2D eigenvalue weighted by Gasteiger charge is 2.44. The number of nitrogens with one attached hydrogen (secondary N) is 2. The van der Waals surface area contributed by atoms with Crippen LogP contribution in [-0.2, 0) is 19.0 Å². The van der Waals surface area contributed by atoms with Gasteiger partial charge in [0.05, 0.1) is 0 Å². The zero-order valence-electron chi connectivity index (χ0n) is 14.1. The molecule has 0 amide bonds. The molecule has 0 atom stereocenters. The van der Waals surface area contributed by atoms with Crippen molar-refractivity contribution in [1.82, 2.24) is 25.4 Å². The third-order valence-corrected chi connectivity index (χ3v) is 4.41. The molecule has 1 aliphatic rings. The van der Waals surface area contributed by atoms with Crippen molar-refractivity contribution in [3.05, 3.63) is 47.8 Å². The second kappa shape index (κ2) is 6.98. The molecular formula is C17H23FN6. The quantitative estimate of drug-likeness (QED) is 0.625. The Labute approximate surface area is 141 Å². The zero-order valence-corrected chi connectivity index (χ0v) is 14.1. The smallest absolute Gasteiger partial charge is 0.191 e. The van der Waals surface area contributed by atoms with Crippen LogP contribution in [0.15, 0.2) is 35.6 Å². The molecule has 128 valence electrons. The van der Waals surface area contributed by atoms with E-state index < -0.39 is 0 Å². The van der Waals surface area contributed by atoms with E-state index in [2.05, 4.69) is 25.8 Å². The summed E-state index contributed by atoms with van der Waals surface area (Å²) in [5.74, 6) is 1.36. The fourth-order valence-electron chi connectivity index (χ4n) is 2.73. The molecule has 1 saturated carbocycles. The maximum Gasteiger partial charge on any atom is 0.191 e. The Morgan fingerprint density at radius 1 is 1.38 bits per heavy atom. The summed E-state index contributed by atoms with van der Waals surface area (Å²) >= 11 is 0. The molecule has 0 aliphatic heterocycles. The highest BCUT2D eigenvalue weighted by Crippen LogP contribution is 2.47. The third-order valence-electron chi connectivity index (χ3n) is 4.41. The molecule has 1 aromatic heterocycles. The second-order valence-electron chi connectivity index (χ2n) is 6.20. The van der Waals surface area contributed by atoms with Crippen molar-refractivity contribution in [3.63, 3.8) is 0 Å². The number of benzene rings is 1. The molecule has 1 heterocycles. The molecule has 2 N–H and O–H groups in total. The van der Waals surface area contributed by atoms with E-state index in [1.165, 1.54) is 6.07 Å². The Balaban J connectivity index is 1.65. The highest BCUT2D eigenvalue weighted by atomic mass is 19.1. The van der Waals surface area contributed by atoms with Gasteiger partial charge in [-0.2, -0.15) is 0 Å². The maximum atomic E-state index is 13.5. The van der Waals surface area contributed by atoms with E-state index in [-0.39, 0.29) is 11.2 Å². The van der Waals surface area contributed by atoms with Gasteiger partial charge < -0.3 is 15.2 Å². The fraction of sp³-hybridized carbons (Fsp3) is 0.471. The van der Waals surface area contributed by atoms with Crippen molar-refractivity contribution in [2.45, 2.75) is 31.7 Å². The van der Waals surface area contributed by atoms with Crippen LogP contribution >= 0.6 is 0 Å². The van der Waals surface area contributed by atoms with Crippen LogP contribution in [0.25, 0.3) is 0 Å². The number of guanidine groups is 1. The van der Waals surface area contributed by atoms with Gasteiger partial charge in [-0.3, -0.25) is 0 Å². The zero-order chi connectivity index (χ0) is 17.0. The van der Waals surface area contributed by atoms with Gasteiger partial charge in [-0.05, 0) is 37.5 Å². The first-order valence-corrected chi connectivity index (χ1v) is 8.24. The van der Waals surface area contributed by atoms with Crippen LogP contribution in [0.5, 0.6) is 0 Å². The van der Waals surface area contributed by atoms with E-state index in [9.17, 15) is 4.39 Å². The minimum absolute atomic E-state index is 0.0169. The van der Waals surface area contributed by atoms with Crippen LogP contribution in [0.2, 0.25) is 0 Å². The Hall–Kier alpha value is -2.44. The number of aliphatic imine (C=N–C) groups is 1. The van der Waals surface area contributed by atoms with E-state index in [0.29, 0.717) is 6.54 Å². The number of halogens is 1. The summed E-state index contributed by atoms with van der Waals surface area (Å²) < 4.78 is 15.3. The predicted molar refractivity (Wildman–Crippen MR) is 91.1 cm³/mol.